The van der Waals surface area contributed by atoms with Crippen molar-refractivity contribution in [1.82, 2.24) is 0 Å². The molecule has 1 aromatic heterocycles. The van der Waals surface area contributed by atoms with Crippen molar-refractivity contribution in [3.8, 4) is 0 Å². The van der Waals surface area contributed by atoms with Crippen LogP contribution >= 0.6 is 43.2 Å². The highest BCUT2D eigenvalue weighted by atomic mass is 79.9. The molecule has 0 aliphatic heterocycles. The third-order valence-electron chi connectivity index (χ3n) is 0.758. The Morgan fingerprint density at radius 3 is 2.50 bits per heavy atom. The van der Waals surface area contributed by atoms with E-state index in [2.05, 4.69) is 43.3 Å². The molecule has 1 heterocycles. The summed E-state index contributed by atoms with van der Waals surface area (Å²) >= 11 is 8.51. The molecule has 0 spiro atoms. The summed E-state index contributed by atoms with van der Waals surface area (Å²) in [6.45, 7) is 0. The Kier molecular flexibility index (Phi) is 2.53. The van der Waals surface area contributed by atoms with E-state index in [9.17, 15) is 0 Å². The smallest absolute Gasteiger partial charge is 0.104 e. The molecule has 44 valence electrons. The van der Waals surface area contributed by atoms with Gasteiger partial charge in [-0.2, -0.15) is 0 Å². The maximum Gasteiger partial charge on any atom is 0.104 e. The topological polar surface area (TPSA) is 0 Å². The lowest BCUT2D eigenvalue weighted by atomic mass is 10.5. The van der Waals surface area contributed by atoms with E-state index in [1.807, 2.05) is 6.07 Å². The summed E-state index contributed by atoms with van der Waals surface area (Å²) in [4.78, 5) is 1.31. The van der Waals surface area contributed by atoms with Gasteiger partial charge in [-0.15, -0.1) is 11.3 Å². The molecular formula is C5H4Br2S. The molecule has 0 unspecified atom stereocenters. The second kappa shape index (κ2) is 2.99. The van der Waals surface area contributed by atoms with Gasteiger partial charge in [0.2, 0.25) is 0 Å². The van der Waals surface area contributed by atoms with Crippen LogP contribution in [0.5, 0.6) is 0 Å². The van der Waals surface area contributed by atoms with Gasteiger partial charge < -0.3 is 0 Å². The standard InChI is InChI=1S/C5H4Br2S/c6-5(7)4-2-1-3-8-4/h1-3,5H. The van der Waals surface area contributed by atoms with Crippen LogP contribution in [-0.4, -0.2) is 0 Å². The summed E-state index contributed by atoms with van der Waals surface area (Å²) in [5.41, 5.74) is 0. The van der Waals surface area contributed by atoms with E-state index in [0.29, 0.717) is 3.74 Å². The van der Waals surface area contributed by atoms with Gasteiger partial charge in [0, 0.05) is 4.88 Å². The van der Waals surface area contributed by atoms with E-state index in [4.69, 9.17) is 0 Å². The number of hydrogen-bond acceptors (Lipinski definition) is 1. The van der Waals surface area contributed by atoms with Gasteiger partial charge in [0.1, 0.15) is 3.74 Å². The molecule has 0 aliphatic rings. The minimum Gasteiger partial charge on any atom is -0.147 e. The van der Waals surface area contributed by atoms with Gasteiger partial charge >= 0.3 is 0 Å². The van der Waals surface area contributed by atoms with E-state index < -0.39 is 0 Å². The number of alkyl halides is 2. The molecule has 0 aliphatic carbocycles. The molecular weight excluding hydrogens is 252 g/mol. The largest absolute Gasteiger partial charge is 0.147 e. The van der Waals surface area contributed by atoms with Crippen LogP contribution < -0.4 is 0 Å². The van der Waals surface area contributed by atoms with E-state index >= 15 is 0 Å². The van der Waals surface area contributed by atoms with Gasteiger partial charge in [-0.05, 0) is 11.4 Å². The van der Waals surface area contributed by atoms with Crippen LogP contribution in [-0.2, 0) is 0 Å². The molecule has 0 saturated heterocycles. The zero-order valence-corrected chi connectivity index (χ0v) is 7.96. The van der Waals surface area contributed by atoms with Crippen molar-refractivity contribution in [2.45, 2.75) is 3.74 Å². The first kappa shape index (κ1) is 6.78. The summed E-state index contributed by atoms with van der Waals surface area (Å²) in [5, 5.41) is 2.06. The van der Waals surface area contributed by atoms with Crippen LogP contribution in [0.4, 0.5) is 0 Å². The first-order chi connectivity index (χ1) is 3.80. The third-order valence-corrected chi connectivity index (χ3v) is 3.29. The summed E-state index contributed by atoms with van der Waals surface area (Å²) < 4.78 is 0.329. The zero-order chi connectivity index (χ0) is 5.98. The fourth-order valence-corrected chi connectivity index (χ4v) is 1.94. The highest BCUT2D eigenvalue weighted by molar-refractivity contribution is 9.24. The fraction of sp³-hybridized carbons (Fsp3) is 0.200. The molecule has 0 bridgehead atoms. The first-order valence-corrected chi connectivity index (χ1v) is 4.83. The average Bonchev–Trinajstić information content (AvgIpc) is 2.12. The summed E-state index contributed by atoms with van der Waals surface area (Å²) in [6, 6.07) is 4.12. The van der Waals surface area contributed by atoms with Crippen LogP contribution in [0.3, 0.4) is 0 Å². The van der Waals surface area contributed by atoms with Crippen LogP contribution in [0.2, 0.25) is 0 Å². The van der Waals surface area contributed by atoms with E-state index in [1.54, 1.807) is 11.3 Å². The van der Waals surface area contributed by atoms with Crippen LogP contribution in [0, 0.1) is 0 Å². The molecule has 0 atom stereocenters. The molecule has 0 nitrogen and oxygen atoms in total. The second-order valence-corrected chi connectivity index (χ2v) is 5.36. The van der Waals surface area contributed by atoms with Crippen molar-refractivity contribution in [2.75, 3.05) is 0 Å². The Hall–Kier alpha value is 0.660. The second-order valence-electron chi connectivity index (χ2n) is 1.32. The van der Waals surface area contributed by atoms with Crippen molar-refractivity contribution in [2.24, 2.45) is 0 Å². The minimum absolute atomic E-state index is 0.329. The minimum atomic E-state index is 0.329. The van der Waals surface area contributed by atoms with Crippen LogP contribution in [0.1, 0.15) is 8.61 Å². The molecule has 1 rings (SSSR count). The molecule has 0 aromatic carbocycles. The van der Waals surface area contributed by atoms with Gasteiger partial charge in [-0.3, -0.25) is 0 Å². The Labute approximate surface area is 69.2 Å². The van der Waals surface area contributed by atoms with Gasteiger partial charge in [-0.1, -0.05) is 37.9 Å². The molecule has 3 heteroatoms. The van der Waals surface area contributed by atoms with Crippen molar-refractivity contribution >= 4 is 43.2 Å². The van der Waals surface area contributed by atoms with Gasteiger partial charge in [0.15, 0.2) is 0 Å². The Morgan fingerprint density at radius 1 is 1.50 bits per heavy atom. The summed E-state index contributed by atoms with van der Waals surface area (Å²) in [6.07, 6.45) is 0. The average molecular weight is 256 g/mol. The normalized spacial score (nSPS) is 10.4. The maximum atomic E-state index is 3.39. The SMILES string of the molecule is BrC(Br)c1cccs1. The van der Waals surface area contributed by atoms with Crippen molar-refractivity contribution < 1.29 is 0 Å². The van der Waals surface area contributed by atoms with E-state index in [-0.39, 0.29) is 0 Å². The van der Waals surface area contributed by atoms with Gasteiger partial charge in [0.25, 0.3) is 0 Å². The number of rotatable bonds is 1. The quantitative estimate of drug-likeness (QED) is 0.674. The zero-order valence-electron chi connectivity index (χ0n) is 3.97. The van der Waals surface area contributed by atoms with E-state index in [0.717, 1.165) is 0 Å². The highest BCUT2D eigenvalue weighted by Crippen LogP contribution is 2.31. The number of thiophene rings is 1. The van der Waals surface area contributed by atoms with Crippen LogP contribution in [0.25, 0.3) is 0 Å². The predicted octanol–water partition coefficient (Wildman–Crippen LogP) is 3.54. The van der Waals surface area contributed by atoms with Crippen LogP contribution in [0.15, 0.2) is 17.5 Å². The molecule has 8 heavy (non-hydrogen) atoms. The van der Waals surface area contributed by atoms with Crippen molar-refractivity contribution in [3.05, 3.63) is 22.4 Å². The molecule has 0 amide bonds. The number of hydrogen-bond donors (Lipinski definition) is 0. The molecule has 0 N–H and O–H groups in total. The highest BCUT2D eigenvalue weighted by Gasteiger charge is 1.99. The molecule has 0 fully saturated rings. The summed E-state index contributed by atoms with van der Waals surface area (Å²) in [5.74, 6) is 0. The fourth-order valence-electron chi connectivity index (χ4n) is 0.415. The lowest BCUT2D eigenvalue weighted by Crippen LogP contribution is -1.65. The molecule has 0 saturated carbocycles. The van der Waals surface area contributed by atoms with Gasteiger partial charge in [0.05, 0.1) is 0 Å². The Bertz CT molecular complexity index is 145. The van der Waals surface area contributed by atoms with E-state index in [1.165, 1.54) is 4.88 Å². The third kappa shape index (κ3) is 1.57. The Balaban J connectivity index is 2.77. The predicted molar refractivity (Wildman–Crippen MR) is 44.9 cm³/mol. The first-order valence-electron chi connectivity index (χ1n) is 2.12. The van der Waals surface area contributed by atoms with Gasteiger partial charge in [-0.25, -0.2) is 0 Å². The monoisotopic (exact) mass is 254 g/mol. The molecule has 0 radical (unpaired) electrons. The lowest BCUT2D eigenvalue weighted by molar-refractivity contribution is 1.56. The molecule has 1 aromatic rings. The van der Waals surface area contributed by atoms with Crippen molar-refractivity contribution in [1.29, 1.82) is 0 Å². The maximum absolute atomic E-state index is 3.39. The Morgan fingerprint density at radius 2 is 2.25 bits per heavy atom. The number of halogens is 2. The summed E-state index contributed by atoms with van der Waals surface area (Å²) in [7, 11) is 0. The lowest BCUT2D eigenvalue weighted by Gasteiger charge is -1.91. The van der Waals surface area contributed by atoms with Crippen molar-refractivity contribution in [3.63, 3.8) is 0 Å².